The number of carbonyl (C=O) groups excluding carboxylic acids is 7. The Hall–Kier alpha value is -5.26. The lowest BCUT2D eigenvalue weighted by atomic mass is 9.98. The highest BCUT2D eigenvalue weighted by atomic mass is 16.3. The average Bonchev–Trinajstić information content (AvgIpc) is 3.04. The first-order valence-electron chi connectivity index (χ1n) is 17.2. The molecule has 0 aliphatic carbocycles. The predicted molar refractivity (Wildman–Crippen MR) is 193 cm³/mol. The van der Waals surface area contributed by atoms with Crippen LogP contribution in [0.15, 0.2) is 35.3 Å². The molecule has 0 spiro atoms. The Morgan fingerprint density at radius 3 is 1.52 bits per heavy atom. The van der Waals surface area contributed by atoms with E-state index < -0.39 is 84.1 Å². The van der Waals surface area contributed by atoms with Crippen LogP contribution >= 0.6 is 0 Å². The fourth-order valence-corrected chi connectivity index (χ4v) is 5.04. The number of carbonyl (C=O) groups is 7. The molecule has 1 aromatic carbocycles. The number of aliphatic imine (C=N–C) groups is 1. The fraction of sp³-hybridized carbons (Fsp3) is 0.588. The summed E-state index contributed by atoms with van der Waals surface area (Å²) in [7, 11) is 0. The van der Waals surface area contributed by atoms with Crippen molar-refractivity contribution >= 4 is 47.3 Å². The number of amides is 7. The largest absolute Gasteiger partial charge is 0.384 e. The van der Waals surface area contributed by atoms with Gasteiger partial charge >= 0.3 is 0 Å². The Bertz CT molecular complexity index is 1400. The number of hydrogen-bond acceptors (Lipinski definition) is 9. The van der Waals surface area contributed by atoms with Crippen LogP contribution in [0.1, 0.15) is 72.3 Å². The van der Waals surface area contributed by atoms with Crippen LogP contribution in [0, 0.1) is 11.8 Å². The lowest BCUT2D eigenvalue weighted by molar-refractivity contribution is -0.136. The molecule has 0 saturated heterocycles. The van der Waals surface area contributed by atoms with E-state index in [-0.39, 0.29) is 56.4 Å². The second-order valence-electron chi connectivity index (χ2n) is 13.5. The van der Waals surface area contributed by atoms with Crippen LogP contribution in [0.25, 0.3) is 0 Å². The maximum Gasteiger partial charge on any atom is 0.249 e. The van der Waals surface area contributed by atoms with Gasteiger partial charge in [-0.2, -0.15) is 0 Å². The number of benzene rings is 1. The van der Waals surface area contributed by atoms with Crippen molar-refractivity contribution in [2.75, 3.05) is 6.54 Å². The molecule has 0 aliphatic rings. The molecule has 0 unspecified atom stereocenters. The first-order valence-corrected chi connectivity index (χ1v) is 17.2. The van der Waals surface area contributed by atoms with Gasteiger partial charge in [-0.15, -0.1) is 0 Å². The second kappa shape index (κ2) is 22.5. The summed E-state index contributed by atoms with van der Waals surface area (Å²) in [5.41, 5.74) is 22.0. The summed E-state index contributed by atoms with van der Waals surface area (Å²) >= 11 is 0. The van der Waals surface area contributed by atoms with Gasteiger partial charge < -0.3 is 54.6 Å². The maximum atomic E-state index is 13.8. The Morgan fingerprint density at radius 1 is 0.635 bits per heavy atom. The molecule has 290 valence electrons. The Morgan fingerprint density at radius 2 is 1.08 bits per heavy atom. The van der Waals surface area contributed by atoms with E-state index in [1.165, 1.54) is 6.92 Å². The van der Waals surface area contributed by atoms with Crippen LogP contribution in [0.4, 0.5) is 0 Å². The lowest BCUT2D eigenvalue weighted by Crippen LogP contribution is -2.59. The molecule has 18 heteroatoms. The van der Waals surface area contributed by atoms with Crippen molar-refractivity contribution in [1.82, 2.24) is 26.6 Å². The highest BCUT2D eigenvalue weighted by Gasteiger charge is 2.33. The van der Waals surface area contributed by atoms with Gasteiger partial charge in [-0.1, -0.05) is 58.0 Å². The number of guanidine groups is 1. The molecule has 18 nitrogen and oxygen atoms in total. The monoisotopic (exact) mass is 732 g/mol. The van der Waals surface area contributed by atoms with Crippen LogP contribution in [0.3, 0.4) is 0 Å². The summed E-state index contributed by atoms with van der Waals surface area (Å²) in [4.78, 5) is 94.0. The van der Waals surface area contributed by atoms with E-state index in [9.17, 15) is 38.7 Å². The summed E-state index contributed by atoms with van der Waals surface area (Å²) < 4.78 is 0. The molecule has 7 amide bonds. The maximum absolute atomic E-state index is 13.8. The highest BCUT2D eigenvalue weighted by Crippen LogP contribution is 2.12. The van der Waals surface area contributed by atoms with Gasteiger partial charge in [-0.25, -0.2) is 0 Å². The summed E-state index contributed by atoms with van der Waals surface area (Å²) in [6, 6.07) is 2.69. The minimum atomic E-state index is -1.44. The topological polar surface area (TPSA) is 316 Å². The van der Waals surface area contributed by atoms with E-state index >= 15 is 0 Å². The van der Waals surface area contributed by atoms with Crippen molar-refractivity contribution in [1.29, 1.82) is 0 Å². The van der Waals surface area contributed by atoms with Gasteiger partial charge in [0.05, 0.1) is 6.42 Å². The lowest BCUT2D eigenvalue weighted by Gasteiger charge is -2.28. The Kier molecular flexibility index (Phi) is 19.4. The van der Waals surface area contributed by atoms with Crippen molar-refractivity contribution in [3.05, 3.63) is 35.9 Å². The first-order chi connectivity index (χ1) is 24.3. The average molecular weight is 733 g/mol. The van der Waals surface area contributed by atoms with Gasteiger partial charge in [0.1, 0.15) is 36.3 Å². The molecule has 0 radical (unpaired) electrons. The number of nitrogens with one attached hydrogen (secondary N) is 5. The zero-order valence-corrected chi connectivity index (χ0v) is 30.5. The molecule has 0 fully saturated rings. The number of aliphatic hydroxyl groups is 1. The smallest absolute Gasteiger partial charge is 0.249 e. The van der Waals surface area contributed by atoms with E-state index in [0.717, 1.165) is 5.56 Å². The number of rotatable bonds is 23. The van der Waals surface area contributed by atoms with Crippen molar-refractivity contribution in [3.8, 4) is 0 Å². The molecule has 1 aromatic rings. The molecule has 0 aromatic heterocycles. The molecular formula is C34H56N10O8. The minimum absolute atomic E-state index is 0.00817. The quantitative estimate of drug-likeness (QED) is 0.0321. The van der Waals surface area contributed by atoms with Crippen LogP contribution in [-0.4, -0.2) is 95.3 Å². The number of aliphatic hydroxyl groups excluding tert-OH is 1. The van der Waals surface area contributed by atoms with E-state index in [1.54, 1.807) is 30.3 Å². The summed E-state index contributed by atoms with van der Waals surface area (Å²) in [6.07, 6.45) is -1.38. The van der Waals surface area contributed by atoms with Gasteiger partial charge in [0.25, 0.3) is 0 Å². The van der Waals surface area contributed by atoms with Crippen LogP contribution in [0.2, 0.25) is 0 Å². The van der Waals surface area contributed by atoms with E-state index in [0.29, 0.717) is 0 Å². The van der Waals surface area contributed by atoms with Gasteiger partial charge in [0.15, 0.2) is 5.96 Å². The molecule has 0 bridgehead atoms. The third-order valence-corrected chi connectivity index (χ3v) is 7.62. The molecule has 0 aliphatic heterocycles. The SMILES string of the molecule is CC(C)C[C@H](NC(=O)[C@H](Cc1ccccc1)NC(=O)[C@H](C)O)C(=O)N[C@@H](CC(C)C)C(=O)N[C@@H](CCCN=C(N)N)C(=O)N[C@@H](CC(N)=O)C(N)=O. The third-order valence-electron chi connectivity index (χ3n) is 7.62. The minimum Gasteiger partial charge on any atom is -0.384 e. The van der Waals surface area contributed by atoms with E-state index in [1.807, 2.05) is 27.7 Å². The summed E-state index contributed by atoms with van der Waals surface area (Å²) in [5.74, 6) is -6.03. The van der Waals surface area contributed by atoms with E-state index in [4.69, 9.17) is 22.9 Å². The molecular weight excluding hydrogens is 676 g/mol. The molecule has 14 N–H and O–H groups in total. The molecule has 0 saturated carbocycles. The number of nitrogens with two attached hydrogens (primary N) is 4. The molecule has 6 atom stereocenters. The normalized spacial score (nSPS) is 14.5. The van der Waals surface area contributed by atoms with Crippen LogP contribution in [-0.2, 0) is 40.0 Å². The van der Waals surface area contributed by atoms with Gasteiger partial charge in [-0.05, 0) is 50.0 Å². The van der Waals surface area contributed by atoms with Crippen LogP contribution < -0.4 is 49.5 Å². The van der Waals surface area contributed by atoms with Gasteiger partial charge in [-0.3, -0.25) is 38.6 Å². The van der Waals surface area contributed by atoms with Crippen molar-refractivity contribution in [2.45, 2.75) is 109 Å². The third kappa shape index (κ3) is 17.6. The van der Waals surface area contributed by atoms with Crippen LogP contribution in [0.5, 0.6) is 0 Å². The van der Waals surface area contributed by atoms with Gasteiger partial charge in [0, 0.05) is 13.0 Å². The van der Waals surface area contributed by atoms with Crippen molar-refractivity contribution in [3.63, 3.8) is 0 Å². The van der Waals surface area contributed by atoms with Crippen molar-refractivity contribution < 1.29 is 38.7 Å². The standard InChI is InChI=1S/C34H56N10O8/c1-18(2)14-24(31(50)40-22(12-9-13-39-34(37)38)30(49)41-23(28(36)47)17-27(35)46)43-32(51)25(15-19(3)4)44-33(52)26(42-29(48)20(5)45)16-21-10-7-6-8-11-21/h6-8,10-11,18-20,22-26,45H,9,12-17H2,1-5H3,(H2,35,46)(H2,36,47)(H,40,50)(H,41,49)(H,42,48)(H,43,51)(H,44,52)(H4,37,38,39)/t20-,22-,23-,24-,25-,26-/m0/s1. The van der Waals surface area contributed by atoms with Crippen molar-refractivity contribution in [2.24, 2.45) is 39.8 Å². The first kappa shape index (κ1) is 44.8. The number of primary amides is 2. The fourth-order valence-electron chi connectivity index (χ4n) is 5.04. The molecule has 52 heavy (non-hydrogen) atoms. The Balaban J connectivity index is 3.32. The number of nitrogens with zero attached hydrogens (tertiary/aromatic N) is 1. The molecule has 1 rings (SSSR count). The molecule has 0 heterocycles. The summed E-state index contributed by atoms with van der Waals surface area (Å²) in [6.45, 7) is 8.68. The van der Waals surface area contributed by atoms with Gasteiger partial charge in [0.2, 0.25) is 41.4 Å². The second-order valence-corrected chi connectivity index (χ2v) is 13.5. The zero-order valence-electron chi connectivity index (χ0n) is 30.5. The van der Waals surface area contributed by atoms with E-state index in [2.05, 4.69) is 31.6 Å². The number of hydrogen-bond donors (Lipinski definition) is 10. The predicted octanol–water partition coefficient (Wildman–Crippen LogP) is -2.46. The highest BCUT2D eigenvalue weighted by molar-refractivity contribution is 5.97. The summed E-state index contributed by atoms with van der Waals surface area (Å²) in [5, 5.41) is 22.7. The Labute approximate surface area is 304 Å². The zero-order chi connectivity index (χ0) is 39.5.